The monoisotopic (exact) mass is 370 g/mol. The van der Waals surface area contributed by atoms with Gasteiger partial charge in [-0.3, -0.25) is 0 Å². The average Bonchev–Trinajstić information content (AvgIpc) is 2.59. The molecular formula is C20H20ClFN4. The summed E-state index contributed by atoms with van der Waals surface area (Å²) in [6.07, 6.45) is 0.556. The van der Waals surface area contributed by atoms with Crippen LogP contribution in [0.25, 0.3) is 0 Å². The Hall–Kier alpha value is -2.66. The smallest absolute Gasteiger partial charge is 0.224 e. The number of nitrogens with zero attached hydrogens (tertiary/aromatic N) is 2. The van der Waals surface area contributed by atoms with E-state index in [0.29, 0.717) is 35.3 Å². The van der Waals surface area contributed by atoms with Crippen molar-refractivity contribution < 1.29 is 4.39 Å². The van der Waals surface area contributed by atoms with E-state index in [0.717, 1.165) is 16.9 Å². The van der Waals surface area contributed by atoms with Gasteiger partial charge < -0.3 is 10.6 Å². The van der Waals surface area contributed by atoms with Crippen molar-refractivity contribution in [3.63, 3.8) is 0 Å². The predicted molar refractivity (Wildman–Crippen MR) is 105 cm³/mol. The van der Waals surface area contributed by atoms with Crippen LogP contribution in [0.15, 0.2) is 48.5 Å². The number of benzene rings is 2. The fourth-order valence-electron chi connectivity index (χ4n) is 2.59. The first-order valence-corrected chi connectivity index (χ1v) is 8.75. The van der Waals surface area contributed by atoms with Crippen LogP contribution in [0.5, 0.6) is 0 Å². The van der Waals surface area contributed by atoms with Crippen molar-refractivity contribution in [3.05, 3.63) is 76.2 Å². The average molecular weight is 371 g/mol. The van der Waals surface area contributed by atoms with Crippen molar-refractivity contribution in [3.8, 4) is 0 Å². The van der Waals surface area contributed by atoms with E-state index in [9.17, 15) is 4.39 Å². The normalized spacial score (nSPS) is 10.6. The van der Waals surface area contributed by atoms with Gasteiger partial charge in [-0.1, -0.05) is 35.9 Å². The Balaban J connectivity index is 1.69. The minimum Gasteiger partial charge on any atom is -0.354 e. The second-order valence-electron chi connectivity index (χ2n) is 6.07. The lowest BCUT2D eigenvalue weighted by molar-refractivity contribution is 0.610. The van der Waals surface area contributed by atoms with Crippen LogP contribution in [0.3, 0.4) is 0 Å². The first-order chi connectivity index (χ1) is 12.5. The molecule has 3 aromatic rings. The number of hydrogen-bond donors (Lipinski definition) is 2. The van der Waals surface area contributed by atoms with Crippen molar-refractivity contribution in [2.24, 2.45) is 0 Å². The molecule has 0 aliphatic heterocycles. The number of anilines is 3. The maximum absolute atomic E-state index is 13.7. The third-order valence-electron chi connectivity index (χ3n) is 3.95. The molecule has 134 valence electrons. The molecule has 4 nitrogen and oxygen atoms in total. The molecule has 0 radical (unpaired) electrons. The molecule has 3 rings (SSSR count). The number of hydrogen-bond acceptors (Lipinski definition) is 4. The van der Waals surface area contributed by atoms with Crippen LogP contribution in [0.1, 0.15) is 16.8 Å². The third-order valence-corrected chi connectivity index (χ3v) is 4.19. The fourth-order valence-corrected chi connectivity index (χ4v) is 2.76. The molecule has 2 N–H and O–H groups in total. The maximum atomic E-state index is 13.7. The van der Waals surface area contributed by atoms with E-state index in [1.807, 2.05) is 44.2 Å². The van der Waals surface area contributed by atoms with Crippen LogP contribution in [0.2, 0.25) is 5.02 Å². The summed E-state index contributed by atoms with van der Waals surface area (Å²) < 4.78 is 13.7. The third kappa shape index (κ3) is 4.70. The molecule has 0 saturated heterocycles. The number of nitrogens with one attached hydrogen (secondary N) is 2. The van der Waals surface area contributed by atoms with Gasteiger partial charge in [-0.2, -0.15) is 4.98 Å². The summed E-state index contributed by atoms with van der Waals surface area (Å²) in [7, 11) is 0. The summed E-state index contributed by atoms with van der Waals surface area (Å²) >= 11 is 6.07. The van der Waals surface area contributed by atoms with E-state index >= 15 is 0 Å². The van der Waals surface area contributed by atoms with Gasteiger partial charge >= 0.3 is 0 Å². The minimum absolute atomic E-state index is 0.196. The Morgan fingerprint density at radius 3 is 2.65 bits per heavy atom. The van der Waals surface area contributed by atoms with E-state index in [-0.39, 0.29) is 5.82 Å². The van der Waals surface area contributed by atoms with Gasteiger partial charge in [-0.05, 0) is 49.6 Å². The van der Waals surface area contributed by atoms with E-state index in [1.165, 1.54) is 6.07 Å². The van der Waals surface area contributed by atoms with Gasteiger partial charge in [0.15, 0.2) is 0 Å². The molecule has 2 aromatic carbocycles. The molecule has 0 atom stereocenters. The minimum atomic E-state index is -0.196. The molecule has 0 fully saturated rings. The zero-order chi connectivity index (χ0) is 18.5. The largest absolute Gasteiger partial charge is 0.354 e. The highest BCUT2D eigenvalue weighted by Gasteiger charge is 2.06. The van der Waals surface area contributed by atoms with Crippen molar-refractivity contribution in [1.29, 1.82) is 0 Å². The topological polar surface area (TPSA) is 49.8 Å². The molecule has 0 aliphatic carbocycles. The highest BCUT2D eigenvalue weighted by atomic mass is 35.5. The molecule has 1 aromatic heterocycles. The van der Waals surface area contributed by atoms with Gasteiger partial charge in [-0.25, -0.2) is 9.37 Å². The van der Waals surface area contributed by atoms with Gasteiger partial charge in [0, 0.05) is 29.0 Å². The molecule has 0 spiro atoms. The van der Waals surface area contributed by atoms with Crippen LogP contribution in [-0.2, 0) is 6.42 Å². The second kappa shape index (κ2) is 8.15. The first-order valence-electron chi connectivity index (χ1n) is 8.37. The van der Waals surface area contributed by atoms with Gasteiger partial charge in [0.25, 0.3) is 0 Å². The van der Waals surface area contributed by atoms with Gasteiger partial charge in [-0.15, -0.1) is 0 Å². The first kappa shape index (κ1) is 18.1. The summed E-state index contributed by atoms with van der Waals surface area (Å²) in [6.45, 7) is 4.44. The van der Waals surface area contributed by atoms with Crippen molar-refractivity contribution in [2.45, 2.75) is 20.3 Å². The van der Waals surface area contributed by atoms with Crippen LogP contribution >= 0.6 is 11.6 Å². The molecule has 0 aliphatic rings. The standard InChI is InChI=1S/C20H20ClFN4/c1-13-7-8-16(21)12-18(13)25-19-11-14(2)24-20(26-19)23-10-9-15-5-3-4-6-17(15)22/h3-8,11-12H,9-10H2,1-2H3,(H2,23,24,25,26). The molecule has 0 amide bonds. The summed E-state index contributed by atoms with van der Waals surface area (Å²) in [6, 6.07) is 14.3. The molecular weight excluding hydrogens is 351 g/mol. The van der Waals surface area contributed by atoms with Crippen LogP contribution in [0.4, 0.5) is 21.8 Å². The Morgan fingerprint density at radius 2 is 1.85 bits per heavy atom. The molecule has 0 bridgehead atoms. The fraction of sp³-hybridized carbons (Fsp3) is 0.200. The summed E-state index contributed by atoms with van der Waals surface area (Å²) in [4.78, 5) is 8.87. The second-order valence-corrected chi connectivity index (χ2v) is 6.51. The summed E-state index contributed by atoms with van der Waals surface area (Å²) in [5.41, 5.74) is 3.46. The predicted octanol–water partition coefficient (Wildman–Crippen LogP) is 5.28. The molecule has 0 saturated carbocycles. The number of halogens is 2. The van der Waals surface area contributed by atoms with E-state index in [2.05, 4.69) is 20.6 Å². The molecule has 0 unspecified atom stereocenters. The highest BCUT2D eigenvalue weighted by molar-refractivity contribution is 6.30. The summed E-state index contributed by atoms with van der Waals surface area (Å²) in [5.74, 6) is 0.984. The Kier molecular flexibility index (Phi) is 5.68. The van der Waals surface area contributed by atoms with E-state index in [1.54, 1.807) is 12.1 Å². The van der Waals surface area contributed by atoms with E-state index in [4.69, 9.17) is 11.6 Å². The Morgan fingerprint density at radius 1 is 1.04 bits per heavy atom. The van der Waals surface area contributed by atoms with Crippen molar-refractivity contribution in [1.82, 2.24) is 9.97 Å². The Bertz CT molecular complexity index is 914. The molecule has 6 heteroatoms. The van der Waals surface area contributed by atoms with Gasteiger partial charge in [0.2, 0.25) is 5.95 Å². The number of aryl methyl sites for hydroxylation is 2. The van der Waals surface area contributed by atoms with Gasteiger partial charge in [0.05, 0.1) is 0 Å². The van der Waals surface area contributed by atoms with Gasteiger partial charge in [0.1, 0.15) is 11.6 Å². The summed E-state index contributed by atoms with van der Waals surface area (Å²) in [5, 5.41) is 7.09. The van der Waals surface area contributed by atoms with Crippen LogP contribution in [-0.4, -0.2) is 16.5 Å². The molecule has 1 heterocycles. The zero-order valence-corrected chi connectivity index (χ0v) is 15.4. The van der Waals surface area contributed by atoms with Crippen molar-refractivity contribution >= 4 is 29.1 Å². The highest BCUT2D eigenvalue weighted by Crippen LogP contribution is 2.24. The number of aromatic nitrogens is 2. The maximum Gasteiger partial charge on any atom is 0.224 e. The Labute approximate surface area is 157 Å². The molecule has 26 heavy (non-hydrogen) atoms. The zero-order valence-electron chi connectivity index (χ0n) is 14.7. The van der Waals surface area contributed by atoms with Crippen LogP contribution in [0, 0.1) is 19.7 Å². The SMILES string of the molecule is Cc1cc(Nc2cc(Cl)ccc2C)nc(NCCc2ccccc2F)n1. The van der Waals surface area contributed by atoms with Crippen molar-refractivity contribution in [2.75, 3.05) is 17.2 Å². The lowest BCUT2D eigenvalue weighted by Crippen LogP contribution is -2.10. The number of rotatable bonds is 6. The quantitative estimate of drug-likeness (QED) is 0.619. The lowest BCUT2D eigenvalue weighted by Gasteiger charge is -2.12. The van der Waals surface area contributed by atoms with Crippen LogP contribution < -0.4 is 10.6 Å². The lowest BCUT2D eigenvalue weighted by atomic mass is 10.1. The van der Waals surface area contributed by atoms with E-state index < -0.39 is 0 Å².